The molecule has 0 unspecified atom stereocenters. The van der Waals surface area contributed by atoms with Crippen LogP contribution in [0.3, 0.4) is 0 Å². The molecule has 0 heteroatoms. The van der Waals surface area contributed by atoms with Crippen LogP contribution in [0.2, 0.25) is 0 Å². The van der Waals surface area contributed by atoms with Crippen molar-refractivity contribution in [2.45, 2.75) is 32.1 Å². The van der Waals surface area contributed by atoms with Crippen LogP contribution in [-0.2, 0) is 6.42 Å². The number of benzene rings is 1. The molecule has 0 spiro atoms. The smallest absolute Gasteiger partial charge is 0.0129 e. The molecule has 1 aromatic carbocycles. The number of rotatable bonds is 4. The first-order valence-electron chi connectivity index (χ1n) is 5.22. The normalized spacial score (nSPS) is 9.21. The molecule has 0 saturated carbocycles. The Hall–Kier alpha value is -1.22. The van der Waals surface area contributed by atoms with Crippen molar-refractivity contribution >= 4 is 0 Å². The van der Waals surface area contributed by atoms with E-state index >= 15 is 0 Å². The van der Waals surface area contributed by atoms with Crippen molar-refractivity contribution in [1.29, 1.82) is 0 Å². The van der Waals surface area contributed by atoms with E-state index in [0.717, 1.165) is 32.1 Å². The Morgan fingerprint density at radius 1 is 1.00 bits per heavy atom. The summed E-state index contributed by atoms with van der Waals surface area (Å²) in [7, 11) is 0. The second-order valence-electron chi connectivity index (χ2n) is 3.30. The Morgan fingerprint density at radius 2 is 1.71 bits per heavy atom. The maximum atomic E-state index is 3.78. The minimum absolute atomic E-state index is 0.973. The predicted molar refractivity (Wildman–Crippen MR) is 61.7 cm³/mol. The van der Waals surface area contributed by atoms with E-state index in [0.29, 0.717) is 0 Å². The molecule has 0 nitrogen and oxygen atoms in total. The van der Waals surface area contributed by atoms with E-state index < -0.39 is 0 Å². The molecule has 0 amide bonds. The van der Waals surface area contributed by atoms with Crippen LogP contribution in [0.5, 0.6) is 0 Å². The molecule has 73 valence electrons. The van der Waals surface area contributed by atoms with Gasteiger partial charge in [-0.15, -0.1) is 11.8 Å². The molecule has 0 N–H and O–H groups in total. The van der Waals surface area contributed by atoms with E-state index in [1.165, 1.54) is 5.56 Å². The largest absolute Gasteiger partial charge is 0.103 e. The highest BCUT2D eigenvalue weighted by Gasteiger charge is 1.87. The second-order valence-corrected chi connectivity index (χ2v) is 3.30. The summed E-state index contributed by atoms with van der Waals surface area (Å²) in [5.74, 6) is 6.36. The van der Waals surface area contributed by atoms with Crippen LogP contribution in [0.25, 0.3) is 0 Å². The van der Waals surface area contributed by atoms with Crippen molar-refractivity contribution < 1.29 is 0 Å². The van der Waals surface area contributed by atoms with Crippen molar-refractivity contribution in [3.63, 3.8) is 0 Å². The SMILES string of the molecule is [CH2]CCCC#CCCc1ccccc1. The van der Waals surface area contributed by atoms with Gasteiger partial charge in [0.2, 0.25) is 0 Å². The van der Waals surface area contributed by atoms with Crippen LogP contribution in [0, 0.1) is 18.8 Å². The third-order valence-electron chi connectivity index (χ3n) is 2.06. The average molecular weight is 185 g/mol. The van der Waals surface area contributed by atoms with Gasteiger partial charge in [-0.2, -0.15) is 0 Å². The minimum Gasteiger partial charge on any atom is -0.103 e. The van der Waals surface area contributed by atoms with Crippen LogP contribution >= 0.6 is 0 Å². The fourth-order valence-electron chi connectivity index (χ4n) is 1.24. The molecule has 0 bridgehead atoms. The Balaban J connectivity index is 2.17. The zero-order valence-electron chi connectivity index (χ0n) is 8.63. The summed E-state index contributed by atoms with van der Waals surface area (Å²) >= 11 is 0. The molecule has 14 heavy (non-hydrogen) atoms. The summed E-state index contributed by atoms with van der Waals surface area (Å²) in [5, 5.41) is 0. The highest BCUT2D eigenvalue weighted by Crippen LogP contribution is 2.01. The van der Waals surface area contributed by atoms with Gasteiger partial charge in [-0.25, -0.2) is 0 Å². The first kappa shape index (κ1) is 10.9. The average Bonchev–Trinajstić information content (AvgIpc) is 2.25. The van der Waals surface area contributed by atoms with E-state index in [2.05, 4.69) is 43.0 Å². The molecule has 0 aliphatic heterocycles. The highest BCUT2D eigenvalue weighted by molar-refractivity contribution is 5.16. The highest BCUT2D eigenvalue weighted by atomic mass is 13.9. The minimum atomic E-state index is 0.973. The van der Waals surface area contributed by atoms with Gasteiger partial charge in [0.25, 0.3) is 0 Å². The summed E-state index contributed by atoms with van der Waals surface area (Å²) in [6.45, 7) is 3.78. The van der Waals surface area contributed by atoms with Crippen molar-refractivity contribution in [2.75, 3.05) is 0 Å². The maximum absolute atomic E-state index is 3.78. The lowest BCUT2D eigenvalue weighted by atomic mass is 10.1. The Morgan fingerprint density at radius 3 is 2.43 bits per heavy atom. The molecule has 0 atom stereocenters. The summed E-state index contributed by atoms with van der Waals surface area (Å²) in [4.78, 5) is 0. The summed E-state index contributed by atoms with van der Waals surface area (Å²) in [6.07, 6.45) is 5.16. The van der Waals surface area contributed by atoms with Gasteiger partial charge in [0.05, 0.1) is 0 Å². The lowest BCUT2D eigenvalue weighted by Gasteiger charge is -1.94. The van der Waals surface area contributed by atoms with Gasteiger partial charge in [0.1, 0.15) is 0 Å². The van der Waals surface area contributed by atoms with Crippen molar-refractivity contribution in [2.24, 2.45) is 0 Å². The molecule has 0 heterocycles. The van der Waals surface area contributed by atoms with Gasteiger partial charge in [0.15, 0.2) is 0 Å². The summed E-state index contributed by atoms with van der Waals surface area (Å²) < 4.78 is 0. The fraction of sp³-hybridized carbons (Fsp3) is 0.357. The van der Waals surface area contributed by atoms with Crippen molar-refractivity contribution in [3.05, 3.63) is 42.8 Å². The van der Waals surface area contributed by atoms with Gasteiger partial charge in [-0.1, -0.05) is 43.7 Å². The molecule has 0 saturated heterocycles. The molecule has 0 aliphatic rings. The van der Waals surface area contributed by atoms with Crippen LogP contribution in [0.1, 0.15) is 31.2 Å². The fourth-order valence-corrected chi connectivity index (χ4v) is 1.24. The lowest BCUT2D eigenvalue weighted by molar-refractivity contribution is 0.881. The molecule has 1 radical (unpaired) electrons. The third kappa shape index (κ3) is 4.72. The standard InChI is InChI=1S/C14H17/c1-2-3-4-5-6-8-11-14-12-9-7-10-13-14/h7,9-10,12-13H,1-4,8,11H2. The number of aryl methyl sites for hydroxylation is 1. The molecule has 0 fully saturated rings. The number of hydrogen-bond donors (Lipinski definition) is 0. The molecule has 1 rings (SSSR count). The monoisotopic (exact) mass is 185 g/mol. The van der Waals surface area contributed by atoms with E-state index in [1.54, 1.807) is 0 Å². The Bertz CT molecular complexity index is 287. The summed E-state index contributed by atoms with van der Waals surface area (Å²) in [6, 6.07) is 10.5. The topological polar surface area (TPSA) is 0 Å². The van der Waals surface area contributed by atoms with Crippen LogP contribution in [0.4, 0.5) is 0 Å². The molecule has 1 aromatic rings. The Kier molecular flexibility index (Phi) is 5.59. The van der Waals surface area contributed by atoms with Crippen molar-refractivity contribution in [1.82, 2.24) is 0 Å². The van der Waals surface area contributed by atoms with E-state index in [4.69, 9.17) is 0 Å². The molecule has 0 aliphatic carbocycles. The van der Waals surface area contributed by atoms with Crippen molar-refractivity contribution in [3.8, 4) is 11.8 Å². The summed E-state index contributed by atoms with van der Waals surface area (Å²) in [5.41, 5.74) is 1.37. The first-order chi connectivity index (χ1) is 6.93. The second kappa shape index (κ2) is 7.21. The van der Waals surface area contributed by atoms with Gasteiger partial charge >= 0.3 is 0 Å². The third-order valence-corrected chi connectivity index (χ3v) is 2.06. The van der Waals surface area contributed by atoms with Gasteiger partial charge < -0.3 is 0 Å². The zero-order valence-corrected chi connectivity index (χ0v) is 8.63. The van der Waals surface area contributed by atoms with Gasteiger partial charge in [-0.05, 0) is 18.4 Å². The quantitative estimate of drug-likeness (QED) is 0.496. The maximum Gasteiger partial charge on any atom is 0.0129 e. The number of unbranched alkanes of at least 4 members (excludes halogenated alkanes) is 2. The van der Waals surface area contributed by atoms with Crippen LogP contribution in [-0.4, -0.2) is 0 Å². The predicted octanol–water partition coefficient (Wildman–Crippen LogP) is 3.63. The van der Waals surface area contributed by atoms with E-state index in [9.17, 15) is 0 Å². The van der Waals surface area contributed by atoms with Gasteiger partial charge in [0, 0.05) is 12.8 Å². The molecule has 0 aromatic heterocycles. The molecular formula is C14H17. The van der Waals surface area contributed by atoms with E-state index in [1.807, 2.05) is 6.07 Å². The zero-order chi connectivity index (χ0) is 10.1. The number of hydrogen-bond acceptors (Lipinski definition) is 0. The Labute approximate surface area is 87.4 Å². The van der Waals surface area contributed by atoms with E-state index in [-0.39, 0.29) is 0 Å². The molecular weight excluding hydrogens is 168 g/mol. The van der Waals surface area contributed by atoms with Crippen LogP contribution < -0.4 is 0 Å². The van der Waals surface area contributed by atoms with Gasteiger partial charge in [-0.3, -0.25) is 0 Å². The lowest BCUT2D eigenvalue weighted by Crippen LogP contribution is -1.81. The van der Waals surface area contributed by atoms with Crippen LogP contribution in [0.15, 0.2) is 30.3 Å². The first-order valence-corrected chi connectivity index (χ1v) is 5.22.